The molecular weight excluding hydrogens is 340 g/mol. The van der Waals surface area contributed by atoms with E-state index in [9.17, 15) is 9.59 Å². The zero-order valence-electron chi connectivity index (χ0n) is 15.3. The van der Waals surface area contributed by atoms with E-state index in [1.165, 1.54) is 0 Å². The molecule has 2 N–H and O–H groups in total. The second kappa shape index (κ2) is 5.62. The minimum absolute atomic E-state index is 0.000367. The van der Waals surface area contributed by atoms with Crippen LogP contribution >= 0.6 is 0 Å². The molecule has 1 unspecified atom stereocenters. The lowest BCUT2D eigenvalue weighted by Gasteiger charge is -2.47. The first kappa shape index (κ1) is 16.4. The van der Waals surface area contributed by atoms with Gasteiger partial charge in [-0.05, 0) is 18.4 Å². The second-order valence-corrected chi connectivity index (χ2v) is 7.90. The predicted molar refractivity (Wildman–Crippen MR) is 99.6 cm³/mol. The standard InChI is InChI=1S/C21H22N4O2/c1-2-21(13-6-4-3-5-7-13)14-12-23-25-18(14)24-15-10-20(8-9-22-19(20)27)11-16(26)17(15)21/h3-7,12,18,24H,2,8-11H2,1H3,(H,22,27)/t18?,20-,21-/m0/s1. The topological polar surface area (TPSA) is 82.9 Å². The number of azo groups is 1. The second-order valence-electron chi connectivity index (χ2n) is 7.90. The number of hydrogen-bond acceptors (Lipinski definition) is 5. The highest BCUT2D eigenvalue weighted by Gasteiger charge is 2.56. The Morgan fingerprint density at radius 3 is 2.70 bits per heavy atom. The molecular formula is C21H22N4O2. The summed E-state index contributed by atoms with van der Waals surface area (Å²) < 4.78 is 0. The van der Waals surface area contributed by atoms with Gasteiger partial charge in [0, 0.05) is 36.2 Å². The van der Waals surface area contributed by atoms with Crippen LogP contribution in [0.4, 0.5) is 0 Å². The lowest BCUT2D eigenvalue weighted by Crippen LogP contribution is -2.53. The highest BCUT2D eigenvalue weighted by atomic mass is 16.2. The van der Waals surface area contributed by atoms with Gasteiger partial charge in [-0.3, -0.25) is 9.59 Å². The van der Waals surface area contributed by atoms with Gasteiger partial charge in [0.1, 0.15) is 0 Å². The summed E-state index contributed by atoms with van der Waals surface area (Å²) in [4.78, 5) is 26.0. The molecule has 0 bridgehead atoms. The first-order valence-electron chi connectivity index (χ1n) is 9.58. The van der Waals surface area contributed by atoms with E-state index in [-0.39, 0.29) is 24.3 Å². The highest BCUT2D eigenvalue weighted by Crippen LogP contribution is 2.54. The maximum absolute atomic E-state index is 13.5. The number of nitrogens with zero attached hydrogens (tertiary/aromatic N) is 2. The first-order valence-corrected chi connectivity index (χ1v) is 9.58. The third kappa shape index (κ3) is 2.07. The molecule has 27 heavy (non-hydrogen) atoms. The molecule has 3 atom stereocenters. The van der Waals surface area contributed by atoms with Gasteiger partial charge in [-0.1, -0.05) is 37.3 Å². The van der Waals surface area contributed by atoms with E-state index in [0.717, 1.165) is 28.8 Å². The van der Waals surface area contributed by atoms with E-state index >= 15 is 0 Å². The van der Waals surface area contributed by atoms with Crippen molar-refractivity contribution in [1.29, 1.82) is 0 Å². The van der Waals surface area contributed by atoms with Crippen molar-refractivity contribution in [2.45, 2.75) is 44.2 Å². The Balaban J connectivity index is 1.73. The van der Waals surface area contributed by atoms with Crippen LogP contribution in [0.25, 0.3) is 0 Å². The molecule has 1 fully saturated rings. The number of carbonyl (C=O) groups is 2. The number of allylic oxidation sites excluding steroid dienone is 2. The van der Waals surface area contributed by atoms with E-state index in [0.29, 0.717) is 19.4 Å². The monoisotopic (exact) mass is 362 g/mol. The van der Waals surface area contributed by atoms with Gasteiger partial charge in [0.2, 0.25) is 5.91 Å². The summed E-state index contributed by atoms with van der Waals surface area (Å²) in [6, 6.07) is 10.2. The van der Waals surface area contributed by atoms with Crippen LogP contribution in [-0.2, 0) is 15.0 Å². The van der Waals surface area contributed by atoms with E-state index < -0.39 is 10.8 Å². The van der Waals surface area contributed by atoms with Gasteiger partial charge in [0.25, 0.3) is 0 Å². The van der Waals surface area contributed by atoms with Crippen molar-refractivity contribution in [3.05, 3.63) is 58.9 Å². The van der Waals surface area contributed by atoms with Crippen LogP contribution in [0.1, 0.15) is 38.2 Å². The molecule has 5 rings (SSSR count). The molecule has 1 spiro atoms. The smallest absolute Gasteiger partial charge is 0.227 e. The summed E-state index contributed by atoms with van der Waals surface area (Å²) in [6.45, 7) is 2.75. The van der Waals surface area contributed by atoms with E-state index in [4.69, 9.17) is 0 Å². The number of amides is 1. The largest absolute Gasteiger partial charge is 0.362 e. The minimum Gasteiger partial charge on any atom is -0.362 e. The number of carbonyl (C=O) groups excluding carboxylic acids is 2. The fourth-order valence-electron chi connectivity index (χ4n) is 5.40. The van der Waals surface area contributed by atoms with Gasteiger partial charge < -0.3 is 10.6 Å². The van der Waals surface area contributed by atoms with E-state index in [2.05, 4.69) is 39.9 Å². The summed E-state index contributed by atoms with van der Waals surface area (Å²) in [6.07, 6.45) is 3.83. The Kier molecular flexibility index (Phi) is 3.41. The number of benzene rings is 1. The van der Waals surface area contributed by atoms with Crippen LogP contribution < -0.4 is 10.6 Å². The maximum atomic E-state index is 13.5. The molecule has 0 radical (unpaired) electrons. The molecule has 3 aliphatic heterocycles. The van der Waals surface area contributed by atoms with Crippen molar-refractivity contribution < 1.29 is 9.59 Å². The number of ketones is 1. The first-order chi connectivity index (χ1) is 13.1. The van der Waals surface area contributed by atoms with Gasteiger partial charge in [0.05, 0.1) is 17.0 Å². The van der Waals surface area contributed by atoms with Crippen LogP contribution in [0.15, 0.2) is 63.6 Å². The molecule has 1 amide bonds. The molecule has 4 aliphatic rings. The fourth-order valence-corrected chi connectivity index (χ4v) is 5.40. The van der Waals surface area contributed by atoms with E-state index in [1.54, 1.807) is 6.20 Å². The Morgan fingerprint density at radius 1 is 1.19 bits per heavy atom. The Morgan fingerprint density at radius 2 is 2.00 bits per heavy atom. The van der Waals surface area contributed by atoms with Crippen molar-refractivity contribution in [1.82, 2.24) is 10.6 Å². The van der Waals surface area contributed by atoms with Crippen LogP contribution in [0, 0.1) is 5.41 Å². The normalized spacial score (nSPS) is 34.3. The van der Waals surface area contributed by atoms with Crippen LogP contribution in [0.5, 0.6) is 0 Å². The van der Waals surface area contributed by atoms with Crippen molar-refractivity contribution in [2.24, 2.45) is 15.6 Å². The van der Waals surface area contributed by atoms with Crippen molar-refractivity contribution in [3.63, 3.8) is 0 Å². The molecule has 6 nitrogen and oxygen atoms in total. The molecule has 6 heteroatoms. The molecule has 1 aromatic carbocycles. The third-order valence-corrected chi connectivity index (χ3v) is 6.67. The zero-order valence-corrected chi connectivity index (χ0v) is 15.3. The average Bonchev–Trinajstić information content (AvgIpc) is 3.28. The Bertz CT molecular complexity index is 933. The van der Waals surface area contributed by atoms with Gasteiger partial charge in [-0.15, -0.1) is 0 Å². The number of hydrogen-bond donors (Lipinski definition) is 2. The molecule has 138 valence electrons. The quantitative estimate of drug-likeness (QED) is 0.849. The fraction of sp³-hybridized carbons (Fsp3) is 0.429. The molecule has 0 saturated carbocycles. The van der Waals surface area contributed by atoms with Gasteiger partial charge in [0.15, 0.2) is 11.9 Å². The predicted octanol–water partition coefficient (Wildman–Crippen LogP) is 2.74. The summed E-state index contributed by atoms with van der Waals surface area (Å²) >= 11 is 0. The highest BCUT2D eigenvalue weighted by molar-refractivity contribution is 6.05. The Hall–Kier alpha value is -2.76. The van der Waals surface area contributed by atoms with Gasteiger partial charge in [-0.25, -0.2) is 0 Å². The van der Waals surface area contributed by atoms with Crippen molar-refractivity contribution in [3.8, 4) is 0 Å². The lowest BCUT2D eigenvalue weighted by molar-refractivity contribution is -0.133. The Labute approximate surface area is 157 Å². The lowest BCUT2D eigenvalue weighted by atomic mass is 9.58. The zero-order chi connectivity index (χ0) is 18.6. The van der Waals surface area contributed by atoms with Gasteiger partial charge in [-0.2, -0.15) is 10.2 Å². The molecule has 1 aliphatic carbocycles. The summed E-state index contributed by atoms with van der Waals surface area (Å²) in [5, 5.41) is 14.9. The molecule has 0 aromatic heterocycles. The van der Waals surface area contributed by atoms with Crippen LogP contribution in [0.2, 0.25) is 0 Å². The summed E-state index contributed by atoms with van der Waals surface area (Å²) in [7, 11) is 0. The van der Waals surface area contributed by atoms with Crippen LogP contribution in [0.3, 0.4) is 0 Å². The van der Waals surface area contributed by atoms with Gasteiger partial charge >= 0.3 is 0 Å². The third-order valence-electron chi connectivity index (χ3n) is 6.67. The number of Topliss-reactive ketones (excluding diaryl/α,β-unsaturated/α-hetero) is 1. The SMILES string of the molecule is CC[C@]1(c2ccccc2)C2=CN=NC2NC2=C1C(=O)C[C@]1(CCNC1=O)C2. The number of fused-ring (bicyclic) bond motifs is 1. The summed E-state index contributed by atoms with van der Waals surface area (Å²) in [5.74, 6) is 0.0677. The average molecular weight is 362 g/mol. The van der Waals surface area contributed by atoms with Crippen molar-refractivity contribution in [2.75, 3.05) is 6.54 Å². The number of nitrogens with one attached hydrogen (secondary N) is 2. The summed E-state index contributed by atoms with van der Waals surface area (Å²) in [5.41, 5.74) is 2.63. The number of rotatable bonds is 2. The molecule has 1 aromatic rings. The van der Waals surface area contributed by atoms with Crippen molar-refractivity contribution >= 4 is 11.7 Å². The van der Waals surface area contributed by atoms with E-state index in [1.807, 2.05) is 18.2 Å². The van der Waals surface area contributed by atoms with Crippen LogP contribution in [-0.4, -0.2) is 24.4 Å². The maximum Gasteiger partial charge on any atom is 0.227 e. The molecule has 1 saturated heterocycles. The minimum atomic E-state index is -0.615. The molecule has 3 heterocycles.